The summed E-state index contributed by atoms with van der Waals surface area (Å²) in [6.45, 7) is 5.35. The Morgan fingerprint density at radius 1 is 1.09 bits per heavy atom. The third-order valence-corrected chi connectivity index (χ3v) is 6.64. The van der Waals surface area contributed by atoms with Gasteiger partial charge in [-0.05, 0) is 50.2 Å². The number of benzene rings is 1. The predicted octanol–water partition coefficient (Wildman–Crippen LogP) is 3.93. The van der Waals surface area contributed by atoms with Gasteiger partial charge in [0.25, 0.3) is 11.8 Å². The number of pyridine rings is 1. The van der Waals surface area contributed by atoms with Crippen LogP contribution in [0.3, 0.4) is 0 Å². The van der Waals surface area contributed by atoms with Gasteiger partial charge in [-0.3, -0.25) is 19.3 Å². The normalized spacial score (nSPS) is 17.2. The van der Waals surface area contributed by atoms with E-state index in [0.717, 1.165) is 23.5 Å². The van der Waals surface area contributed by atoms with Gasteiger partial charge in [0, 0.05) is 35.8 Å². The highest BCUT2D eigenvalue weighted by molar-refractivity contribution is 5.97. The monoisotopic (exact) mass is 483 g/mol. The lowest BCUT2D eigenvalue weighted by molar-refractivity contribution is -0.137. The van der Waals surface area contributed by atoms with Gasteiger partial charge in [0.1, 0.15) is 5.69 Å². The molecule has 0 aliphatic carbocycles. The molecule has 2 amide bonds. The highest BCUT2D eigenvalue weighted by Crippen LogP contribution is 2.35. The summed E-state index contributed by atoms with van der Waals surface area (Å²) >= 11 is 0. The summed E-state index contributed by atoms with van der Waals surface area (Å²) < 4.78 is 40.6. The number of fused-ring (bicyclic) bond motifs is 3. The van der Waals surface area contributed by atoms with Crippen molar-refractivity contribution in [3.8, 4) is 0 Å². The Hall–Kier alpha value is -3.69. The van der Waals surface area contributed by atoms with Crippen molar-refractivity contribution in [1.82, 2.24) is 24.6 Å². The first-order valence-electron chi connectivity index (χ1n) is 11.3. The minimum Gasteiger partial charge on any atom is -0.330 e. The topological polar surface area (TPSA) is 71.3 Å². The van der Waals surface area contributed by atoms with Gasteiger partial charge in [0.15, 0.2) is 0 Å². The highest BCUT2D eigenvalue weighted by atomic mass is 19.4. The molecule has 0 unspecified atom stereocenters. The van der Waals surface area contributed by atoms with E-state index in [9.17, 15) is 22.8 Å². The van der Waals surface area contributed by atoms with Crippen LogP contribution in [0.25, 0.3) is 0 Å². The van der Waals surface area contributed by atoms with Crippen LogP contribution in [-0.2, 0) is 32.2 Å². The fraction of sp³-hybridized carbons (Fsp3) is 0.360. The Labute approximate surface area is 200 Å². The molecule has 10 heteroatoms. The molecule has 2 aliphatic rings. The summed E-state index contributed by atoms with van der Waals surface area (Å²) in [4.78, 5) is 34.4. The van der Waals surface area contributed by atoms with Crippen molar-refractivity contribution in [3.05, 3.63) is 82.4 Å². The summed E-state index contributed by atoms with van der Waals surface area (Å²) in [6, 6.07) is 9.77. The maximum absolute atomic E-state index is 13.4. The molecule has 2 aliphatic heterocycles. The van der Waals surface area contributed by atoms with E-state index in [4.69, 9.17) is 0 Å². The van der Waals surface area contributed by atoms with E-state index in [0.29, 0.717) is 37.3 Å². The van der Waals surface area contributed by atoms with Crippen molar-refractivity contribution >= 4 is 11.8 Å². The van der Waals surface area contributed by atoms with Crippen LogP contribution in [0.4, 0.5) is 13.2 Å². The molecule has 0 spiro atoms. The zero-order valence-electron chi connectivity index (χ0n) is 19.3. The first-order valence-corrected chi connectivity index (χ1v) is 11.3. The van der Waals surface area contributed by atoms with Crippen molar-refractivity contribution in [2.45, 2.75) is 51.6 Å². The number of aromatic nitrogens is 3. The smallest absolute Gasteiger partial charge is 0.330 e. The first-order chi connectivity index (χ1) is 16.5. The van der Waals surface area contributed by atoms with Crippen LogP contribution in [0.1, 0.15) is 57.2 Å². The molecular weight excluding hydrogens is 459 g/mol. The van der Waals surface area contributed by atoms with Gasteiger partial charge in [-0.2, -0.15) is 18.3 Å². The molecule has 0 radical (unpaired) electrons. The molecule has 182 valence electrons. The quantitative estimate of drug-likeness (QED) is 0.566. The third kappa shape index (κ3) is 4.17. The molecule has 4 heterocycles. The highest BCUT2D eigenvalue weighted by Gasteiger charge is 2.42. The molecule has 3 aromatic rings. The van der Waals surface area contributed by atoms with Gasteiger partial charge in [-0.25, -0.2) is 0 Å². The molecule has 0 saturated heterocycles. The van der Waals surface area contributed by atoms with Crippen LogP contribution < -0.4 is 0 Å². The average Bonchev–Trinajstić information content (AvgIpc) is 3.17. The lowest BCUT2D eigenvalue weighted by Crippen LogP contribution is -2.51. The van der Waals surface area contributed by atoms with Crippen LogP contribution in [0.5, 0.6) is 0 Å². The van der Waals surface area contributed by atoms with E-state index in [2.05, 4.69) is 10.1 Å². The average molecular weight is 483 g/mol. The van der Waals surface area contributed by atoms with Crippen LogP contribution in [0.2, 0.25) is 0 Å². The molecule has 0 atom stereocenters. The SMILES string of the molecule is CC1(C)Cc2nn3c(c2CN1C(=O)c1ccc(C(F)(F)F)cc1)C(=O)N(Cc1ccccn1)CC3. The van der Waals surface area contributed by atoms with Gasteiger partial charge in [0.05, 0.1) is 36.6 Å². The van der Waals surface area contributed by atoms with Crippen molar-refractivity contribution in [2.75, 3.05) is 6.54 Å². The number of halogens is 3. The number of hydrogen-bond donors (Lipinski definition) is 0. The minimum absolute atomic E-state index is 0.153. The number of carbonyl (C=O) groups is 2. The summed E-state index contributed by atoms with van der Waals surface area (Å²) in [5.74, 6) is -0.555. The third-order valence-electron chi connectivity index (χ3n) is 6.64. The summed E-state index contributed by atoms with van der Waals surface area (Å²) in [6.07, 6.45) is -2.36. The van der Waals surface area contributed by atoms with E-state index >= 15 is 0 Å². The number of alkyl halides is 3. The van der Waals surface area contributed by atoms with Crippen LogP contribution in [-0.4, -0.2) is 48.5 Å². The van der Waals surface area contributed by atoms with Crippen molar-refractivity contribution in [3.63, 3.8) is 0 Å². The zero-order valence-corrected chi connectivity index (χ0v) is 19.3. The Morgan fingerprint density at radius 2 is 1.83 bits per heavy atom. The molecule has 0 fully saturated rings. The standard InChI is InChI=1S/C25H24F3N5O2/c1-24(2)13-20-19(15-32(24)22(34)16-6-8-17(9-7-16)25(26,27)28)21-23(35)31(11-12-33(21)30-20)14-18-5-3-4-10-29-18/h3-10H,11-15H2,1-2H3. The van der Waals surface area contributed by atoms with Crippen molar-refractivity contribution in [2.24, 2.45) is 0 Å². The van der Waals surface area contributed by atoms with Gasteiger partial charge in [-0.1, -0.05) is 6.07 Å². The molecule has 5 rings (SSSR count). The summed E-state index contributed by atoms with van der Waals surface area (Å²) in [5, 5.41) is 4.67. The Bertz CT molecular complexity index is 1280. The van der Waals surface area contributed by atoms with E-state index in [1.807, 2.05) is 32.0 Å². The minimum atomic E-state index is -4.47. The maximum Gasteiger partial charge on any atom is 0.416 e. The molecule has 7 nitrogen and oxygen atoms in total. The summed E-state index contributed by atoms with van der Waals surface area (Å²) in [5.41, 5.74) is 1.44. The summed E-state index contributed by atoms with van der Waals surface area (Å²) in [7, 11) is 0. The molecule has 0 bridgehead atoms. The zero-order chi connectivity index (χ0) is 25.0. The van der Waals surface area contributed by atoms with Gasteiger partial charge in [-0.15, -0.1) is 0 Å². The fourth-order valence-electron chi connectivity index (χ4n) is 4.74. The maximum atomic E-state index is 13.4. The first kappa shape index (κ1) is 23.1. The lowest BCUT2D eigenvalue weighted by Gasteiger charge is -2.42. The molecular formula is C25H24F3N5O2. The molecule has 35 heavy (non-hydrogen) atoms. The fourth-order valence-corrected chi connectivity index (χ4v) is 4.74. The van der Waals surface area contributed by atoms with Gasteiger partial charge in [0.2, 0.25) is 0 Å². The van der Waals surface area contributed by atoms with Crippen molar-refractivity contribution in [1.29, 1.82) is 0 Å². The molecule has 1 aromatic carbocycles. The van der Waals surface area contributed by atoms with Crippen LogP contribution in [0, 0.1) is 0 Å². The van der Waals surface area contributed by atoms with E-state index in [-0.39, 0.29) is 23.9 Å². The second-order valence-corrected chi connectivity index (χ2v) is 9.50. The van der Waals surface area contributed by atoms with Crippen molar-refractivity contribution < 1.29 is 22.8 Å². The van der Waals surface area contributed by atoms with Crippen LogP contribution in [0.15, 0.2) is 48.7 Å². The van der Waals surface area contributed by atoms with Gasteiger partial charge >= 0.3 is 6.18 Å². The Morgan fingerprint density at radius 3 is 2.49 bits per heavy atom. The second kappa shape index (κ2) is 8.21. The Kier molecular flexibility index (Phi) is 5.41. The van der Waals surface area contributed by atoms with E-state index in [1.165, 1.54) is 12.1 Å². The number of nitrogens with zero attached hydrogens (tertiary/aromatic N) is 5. The van der Waals surface area contributed by atoms with E-state index < -0.39 is 17.3 Å². The van der Waals surface area contributed by atoms with E-state index in [1.54, 1.807) is 20.7 Å². The number of hydrogen-bond acceptors (Lipinski definition) is 4. The number of carbonyl (C=O) groups excluding carboxylic acids is 2. The number of amides is 2. The molecule has 0 N–H and O–H groups in total. The van der Waals surface area contributed by atoms with Crippen LogP contribution >= 0.6 is 0 Å². The Balaban J connectivity index is 1.43. The van der Waals surface area contributed by atoms with Gasteiger partial charge < -0.3 is 9.80 Å². The lowest BCUT2D eigenvalue weighted by atomic mass is 9.87. The molecule has 2 aromatic heterocycles. The second-order valence-electron chi connectivity index (χ2n) is 9.50. The predicted molar refractivity (Wildman–Crippen MR) is 120 cm³/mol. The largest absolute Gasteiger partial charge is 0.416 e. The molecule has 0 saturated carbocycles. The number of rotatable bonds is 3.